The first-order valence-corrected chi connectivity index (χ1v) is 9.13. The smallest absolute Gasteiger partial charge is 0.216 e. The highest BCUT2D eigenvalue weighted by molar-refractivity contribution is 7.71. The standard InChI is InChI=1S/C20H21N5O2S/c1-3-27-17-12-10-16(11-13-17)19-22-23-20(28)25(19)24-21-14-6-8-15-7-4-5-9-18(15)26-2/h4-14,24H,3H2,1-2H3,(H,23,28)/b8-6+,21-14+. The molecule has 3 aromatic rings. The summed E-state index contributed by atoms with van der Waals surface area (Å²) < 4.78 is 12.8. The highest BCUT2D eigenvalue weighted by Gasteiger charge is 2.08. The Morgan fingerprint density at radius 2 is 2.00 bits per heavy atom. The van der Waals surface area contributed by atoms with E-state index in [2.05, 4.69) is 20.8 Å². The van der Waals surface area contributed by atoms with Gasteiger partial charge in [0.05, 0.1) is 13.7 Å². The van der Waals surface area contributed by atoms with Gasteiger partial charge in [0, 0.05) is 17.3 Å². The van der Waals surface area contributed by atoms with E-state index in [1.807, 2.05) is 67.6 Å². The molecule has 0 atom stereocenters. The maximum absolute atomic E-state index is 5.47. The number of para-hydroxylation sites is 1. The fourth-order valence-electron chi connectivity index (χ4n) is 2.54. The van der Waals surface area contributed by atoms with Crippen LogP contribution in [0, 0.1) is 4.77 Å². The van der Waals surface area contributed by atoms with E-state index in [0.717, 1.165) is 22.6 Å². The van der Waals surface area contributed by atoms with Gasteiger partial charge in [-0.3, -0.25) is 0 Å². The molecule has 0 saturated carbocycles. The van der Waals surface area contributed by atoms with E-state index in [-0.39, 0.29) is 0 Å². The lowest BCUT2D eigenvalue weighted by molar-refractivity contribution is 0.340. The largest absolute Gasteiger partial charge is 0.496 e. The van der Waals surface area contributed by atoms with Crippen molar-refractivity contribution in [3.8, 4) is 22.9 Å². The van der Waals surface area contributed by atoms with Crippen molar-refractivity contribution in [3.63, 3.8) is 0 Å². The Kier molecular flexibility index (Phi) is 6.59. The van der Waals surface area contributed by atoms with Crippen molar-refractivity contribution in [3.05, 3.63) is 64.9 Å². The van der Waals surface area contributed by atoms with Gasteiger partial charge in [0.1, 0.15) is 11.5 Å². The molecule has 7 nitrogen and oxygen atoms in total. The minimum atomic E-state index is 0.412. The maximum Gasteiger partial charge on any atom is 0.216 e. The second kappa shape index (κ2) is 9.52. The minimum Gasteiger partial charge on any atom is -0.496 e. The Balaban J connectivity index is 1.71. The number of hydrazone groups is 1. The zero-order valence-electron chi connectivity index (χ0n) is 15.6. The summed E-state index contributed by atoms with van der Waals surface area (Å²) in [6, 6.07) is 15.4. The van der Waals surface area contributed by atoms with Crippen LogP contribution in [0.25, 0.3) is 17.5 Å². The Bertz CT molecular complexity index is 1020. The highest BCUT2D eigenvalue weighted by Crippen LogP contribution is 2.20. The van der Waals surface area contributed by atoms with Crippen LogP contribution in [-0.4, -0.2) is 34.8 Å². The van der Waals surface area contributed by atoms with Gasteiger partial charge in [-0.25, -0.2) is 10.6 Å². The van der Waals surface area contributed by atoms with Gasteiger partial charge in [0.25, 0.3) is 0 Å². The summed E-state index contributed by atoms with van der Waals surface area (Å²) in [5.41, 5.74) is 4.73. The summed E-state index contributed by atoms with van der Waals surface area (Å²) in [5.74, 6) is 2.23. The second-order valence-electron chi connectivity index (χ2n) is 5.62. The Morgan fingerprint density at radius 1 is 1.21 bits per heavy atom. The van der Waals surface area contributed by atoms with Crippen LogP contribution in [0.2, 0.25) is 0 Å². The Morgan fingerprint density at radius 3 is 2.75 bits per heavy atom. The zero-order valence-corrected chi connectivity index (χ0v) is 16.4. The van der Waals surface area contributed by atoms with Gasteiger partial charge in [-0.2, -0.15) is 14.9 Å². The predicted octanol–water partition coefficient (Wildman–Crippen LogP) is 4.26. The third-order valence-corrected chi connectivity index (χ3v) is 4.10. The number of ether oxygens (including phenoxy) is 2. The molecule has 0 spiro atoms. The summed E-state index contributed by atoms with van der Waals surface area (Å²) in [5, 5.41) is 11.2. The van der Waals surface area contributed by atoms with Crippen molar-refractivity contribution in [2.75, 3.05) is 19.3 Å². The molecule has 0 aliphatic heterocycles. The fourth-order valence-corrected chi connectivity index (χ4v) is 2.71. The van der Waals surface area contributed by atoms with E-state index in [1.54, 1.807) is 18.0 Å². The minimum absolute atomic E-state index is 0.412. The van der Waals surface area contributed by atoms with Gasteiger partial charge in [0.2, 0.25) is 4.77 Å². The molecule has 0 radical (unpaired) electrons. The normalized spacial score (nSPS) is 11.2. The number of benzene rings is 2. The molecule has 144 valence electrons. The first-order valence-electron chi connectivity index (χ1n) is 8.72. The SMILES string of the molecule is CCOc1ccc(-c2n[nH]c(=S)n2N/N=C/C=C/c2ccccc2OC)cc1. The molecule has 1 heterocycles. The number of nitrogens with zero attached hydrogens (tertiary/aromatic N) is 3. The number of H-pyrrole nitrogens is 1. The van der Waals surface area contributed by atoms with Crippen molar-refractivity contribution < 1.29 is 9.47 Å². The van der Waals surface area contributed by atoms with Crippen LogP contribution in [0.1, 0.15) is 12.5 Å². The number of rotatable bonds is 8. The first-order chi connectivity index (χ1) is 13.7. The number of hydrogen-bond donors (Lipinski definition) is 2. The Hall–Kier alpha value is -3.39. The number of hydrogen-bond acceptors (Lipinski definition) is 6. The summed E-state index contributed by atoms with van der Waals surface area (Å²) in [6.07, 6.45) is 5.35. The third-order valence-electron chi connectivity index (χ3n) is 3.83. The molecule has 0 bridgehead atoms. The van der Waals surface area contributed by atoms with Gasteiger partial charge in [-0.05, 0) is 61.6 Å². The molecule has 2 N–H and O–H groups in total. The van der Waals surface area contributed by atoms with Crippen LogP contribution < -0.4 is 15.0 Å². The van der Waals surface area contributed by atoms with Crippen molar-refractivity contribution in [1.82, 2.24) is 14.9 Å². The van der Waals surface area contributed by atoms with Crippen LogP contribution in [0.3, 0.4) is 0 Å². The van der Waals surface area contributed by atoms with Crippen LogP contribution in [-0.2, 0) is 0 Å². The third kappa shape index (κ3) is 4.66. The number of nitrogens with one attached hydrogen (secondary N) is 2. The monoisotopic (exact) mass is 395 g/mol. The molecule has 1 aromatic heterocycles. The number of methoxy groups -OCH3 is 1. The van der Waals surface area contributed by atoms with Crippen molar-refractivity contribution in [2.45, 2.75) is 6.92 Å². The zero-order chi connectivity index (χ0) is 19.8. The van der Waals surface area contributed by atoms with Crippen molar-refractivity contribution in [2.24, 2.45) is 5.10 Å². The molecule has 3 rings (SSSR count). The van der Waals surface area contributed by atoms with Gasteiger partial charge >= 0.3 is 0 Å². The van der Waals surface area contributed by atoms with Crippen molar-refractivity contribution in [1.29, 1.82) is 0 Å². The molecule has 0 aliphatic rings. The maximum atomic E-state index is 5.47. The predicted molar refractivity (Wildman–Crippen MR) is 114 cm³/mol. The average Bonchev–Trinajstić information content (AvgIpc) is 3.09. The molecule has 0 fully saturated rings. The fraction of sp³-hybridized carbons (Fsp3) is 0.150. The van der Waals surface area contributed by atoms with E-state index >= 15 is 0 Å². The number of allylic oxidation sites excluding steroid dienone is 1. The lowest BCUT2D eigenvalue weighted by Crippen LogP contribution is -2.10. The quantitative estimate of drug-likeness (QED) is 0.339. The average molecular weight is 395 g/mol. The number of aromatic amines is 1. The van der Waals surface area contributed by atoms with Gasteiger partial charge in [-0.1, -0.05) is 18.2 Å². The lowest BCUT2D eigenvalue weighted by Gasteiger charge is -2.06. The second-order valence-corrected chi connectivity index (χ2v) is 6.01. The summed E-state index contributed by atoms with van der Waals surface area (Å²) in [7, 11) is 1.64. The topological polar surface area (TPSA) is 76.5 Å². The molecule has 0 saturated heterocycles. The highest BCUT2D eigenvalue weighted by atomic mass is 32.1. The summed E-state index contributed by atoms with van der Waals surface area (Å²) in [6.45, 7) is 2.57. The van der Waals surface area contributed by atoms with E-state index in [4.69, 9.17) is 21.7 Å². The molecule has 0 unspecified atom stereocenters. The molecule has 8 heteroatoms. The summed E-state index contributed by atoms with van der Waals surface area (Å²) >= 11 is 5.28. The molecule has 2 aromatic carbocycles. The van der Waals surface area contributed by atoms with E-state index < -0.39 is 0 Å². The summed E-state index contributed by atoms with van der Waals surface area (Å²) in [4.78, 5) is 0. The van der Waals surface area contributed by atoms with Gasteiger partial charge < -0.3 is 9.47 Å². The van der Waals surface area contributed by atoms with Crippen LogP contribution >= 0.6 is 12.2 Å². The molecule has 28 heavy (non-hydrogen) atoms. The van der Waals surface area contributed by atoms with Crippen molar-refractivity contribution >= 4 is 24.5 Å². The van der Waals surface area contributed by atoms with Gasteiger partial charge in [-0.15, -0.1) is 0 Å². The molecular formula is C20H21N5O2S. The number of aromatic nitrogens is 3. The van der Waals surface area contributed by atoms with E-state index in [1.165, 1.54) is 0 Å². The van der Waals surface area contributed by atoms with Crippen LogP contribution in [0.15, 0.2) is 59.7 Å². The molecular weight excluding hydrogens is 374 g/mol. The van der Waals surface area contributed by atoms with Crippen LogP contribution in [0.4, 0.5) is 0 Å². The Labute approximate surface area is 168 Å². The molecule has 0 aliphatic carbocycles. The van der Waals surface area contributed by atoms with Crippen LogP contribution in [0.5, 0.6) is 11.5 Å². The molecule has 0 amide bonds. The first kappa shape index (κ1) is 19.4. The van der Waals surface area contributed by atoms with E-state index in [9.17, 15) is 0 Å². The lowest BCUT2D eigenvalue weighted by atomic mass is 10.2. The van der Waals surface area contributed by atoms with E-state index in [0.29, 0.717) is 17.2 Å². The van der Waals surface area contributed by atoms with Gasteiger partial charge in [0.15, 0.2) is 5.82 Å².